The van der Waals surface area contributed by atoms with Crippen LogP contribution in [0.5, 0.6) is 0 Å². The molecular weight excluding hydrogens is 775 g/mol. The van der Waals surface area contributed by atoms with Crippen molar-refractivity contribution in [3.8, 4) is 0 Å². The van der Waals surface area contributed by atoms with E-state index in [0.29, 0.717) is 71.0 Å². The van der Waals surface area contributed by atoms with Gasteiger partial charge in [0, 0.05) is 33.3 Å². The number of hydrogen-bond donors (Lipinski definition) is 5. The largest absolute Gasteiger partial charge is 0.467 e. The van der Waals surface area contributed by atoms with E-state index in [2.05, 4.69) is 35.0 Å². The van der Waals surface area contributed by atoms with Crippen molar-refractivity contribution >= 4 is 43.8 Å². The smallest absolute Gasteiger partial charge is 0.410 e. The molecule has 5 amide bonds. The van der Waals surface area contributed by atoms with Crippen molar-refractivity contribution in [2.75, 3.05) is 39.2 Å². The maximum atomic E-state index is 13.4. The third-order valence-corrected chi connectivity index (χ3v) is 11.7. The number of rotatable bonds is 19. The number of esters is 1. The molecule has 0 radical (unpaired) electrons. The third kappa shape index (κ3) is 16.5. The minimum absolute atomic E-state index is 0.0762. The van der Waals surface area contributed by atoms with Crippen LogP contribution in [0.1, 0.15) is 83.3 Å². The van der Waals surface area contributed by atoms with Crippen LogP contribution in [-0.2, 0) is 40.1 Å². The van der Waals surface area contributed by atoms with Gasteiger partial charge in [-0.15, -0.1) is 0 Å². The molecule has 2 aromatic rings. The number of carbonyl (C=O) groups is 6. The van der Waals surface area contributed by atoms with Crippen molar-refractivity contribution in [3.05, 3.63) is 71.8 Å². The molecule has 2 unspecified atom stereocenters. The fraction of sp³-hybridized carbons (Fsp3) is 0.581. The Morgan fingerprint density at radius 2 is 1.42 bits per heavy atom. The number of benzene rings is 2. The van der Waals surface area contributed by atoms with Crippen LogP contribution in [0.2, 0.25) is 0 Å². The molecule has 2 saturated heterocycles. The van der Waals surface area contributed by atoms with Gasteiger partial charge in [-0.2, -0.15) is 0 Å². The summed E-state index contributed by atoms with van der Waals surface area (Å²) in [5.41, 5.74) is 7.81. The zero-order valence-electron chi connectivity index (χ0n) is 35.3. The Hall–Kier alpha value is -4.59. The molecule has 2 aliphatic rings. The number of methoxy groups -OCH3 is 1. The summed E-state index contributed by atoms with van der Waals surface area (Å²) in [4.78, 5) is 92.2. The predicted octanol–water partition coefficient (Wildman–Crippen LogP) is 4.19. The Labute approximate surface area is 350 Å². The lowest BCUT2D eigenvalue weighted by Gasteiger charge is -2.29. The minimum Gasteiger partial charge on any atom is -0.467 e. The normalized spacial score (nSPS) is 18.1. The topological polar surface area (TPSA) is 210 Å². The Morgan fingerprint density at radius 1 is 0.847 bits per heavy atom. The second-order valence-electron chi connectivity index (χ2n) is 15.6. The second-order valence-corrected chi connectivity index (χ2v) is 17.3. The summed E-state index contributed by atoms with van der Waals surface area (Å²) in [5, 5.41) is 8.29. The van der Waals surface area contributed by atoms with Crippen molar-refractivity contribution in [2.24, 2.45) is 17.6 Å². The number of likely N-dealkylation sites (tertiary alicyclic amines) is 2. The van der Waals surface area contributed by atoms with Crippen LogP contribution < -0.4 is 21.7 Å². The quantitative estimate of drug-likeness (QED) is 0.0774. The predicted molar refractivity (Wildman–Crippen MR) is 227 cm³/mol. The molecule has 59 heavy (non-hydrogen) atoms. The summed E-state index contributed by atoms with van der Waals surface area (Å²) in [6.07, 6.45) is 3.43. The molecule has 15 nitrogen and oxygen atoms in total. The molecule has 0 bridgehead atoms. The fourth-order valence-corrected chi connectivity index (χ4v) is 8.31. The molecule has 2 heterocycles. The van der Waals surface area contributed by atoms with Crippen LogP contribution in [-0.4, -0.2) is 114 Å². The minimum atomic E-state index is -1.82. The molecule has 2 fully saturated rings. The lowest BCUT2D eigenvalue weighted by Crippen LogP contribution is -2.53. The Balaban J connectivity index is 0.00000120. The lowest BCUT2D eigenvalue weighted by atomic mass is 10.0. The van der Waals surface area contributed by atoms with E-state index in [1.165, 1.54) is 22.5 Å². The molecule has 0 saturated carbocycles. The highest BCUT2D eigenvalue weighted by Crippen LogP contribution is 2.33. The molecule has 326 valence electrons. The van der Waals surface area contributed by atoms with Gasteiger partial charge in [0.2, 0.25) is 23.6 Å². The van der Waals surface area contributed by atoms with Crippen molar-refractivity contribution < 1.29 is 43.1 Å². The van der Waals surface area contributed by atoms with E-state index in [0.717, 1.165) is 5.56 Å². The molecule has 2 aromatic carbocycles. The highest BCUT2D eigenvalue weighted by molar-refractivity contribution is 7.51. The van der Waals surface area contributed by atoms with E-state index in [9.17, 15) is 33.7 Å². The van der Waals surface area contributed by atoms with Gasteiger partial charge in [0.15, 0.2) is 0 Å². The maximum absolute atomic E-state index is 13.4. The van der Waals surface area contributed by atoms with E-state index in [-0.39, 0.29) is 30.9 Å². The molecule has 6 atom stereocenters. The summed E-state index contributed by atoms with van der Waals surface area (Å²) in [7, 11) is -0.552. The number of nitrogens with zero attached hydrogens (tertiary/aromatic N) is 2. The molecule has 0 aliphatic carbocycles. The number of unbranched alkanes of at least 4 members (excludes halogenated alkanes) is 1. The fourth-order valence-electron chi connectivity index (χ4n) is 7.06. The van der Waals surface area contributed by atoms with Gasteiger partial charge in [0.1, 0.15) is 30.8 Å². The molecule has 16 heteroatoms. The summed E-state index contributed by atoms with van der Waals surface area (Å²) in [6, 6.07) is 16.2. The van der Waals surface area contributed by atoms with Crippen LogP contribution in [0.4, 0.5) is 4.79 Å². The molecule has 2 aliphatic heterocycles. The summed E-state index contributed by atoms with van der Waals surface area (Å²) >= 11 is 0. The first kappa shape index (κ1) is 48.8. The number of ether oxygens (including phenoxy) is 2. The number of amides is 5. The Bertz CT molecular complexity index is 1640. The molecule has 0 aromatic heterocycles. The monoisotopic (exact) mass is 840 g/mol. The van der Waals surface area contributed by atoms with E-state index in [1.54, 1.807) is 6.92 Å². The first-order valence-corrected chi connectivity index (χ1v) is 22.3. The summed E-state index contributed by atoms with van der Waals surface area (Å²) in [5.74, 6) is -2.70. The van der Waals surface area contributed by atoms with Gasteiger partial charge in [-0.25, -0.2) is 9.59 Å². The van der Waals surface area contributed by atoms with E-state index < -0.39 is 68.0 Å². The van der Waals surface area contributed by atoms with Crippen molar-refractivity contribution in [3.63, 3.8) is 0 Å². The molecule has 4 rings (SSSR count). The van der Waals surface area contributed by atoms with E-state index >= 15 is 0 Å². The average Bonchev–Trinajstić information content (AvgIpc) is 3.93. The Morgan fingerprint density at radius 3 is 1.98 bits per heavy atom. The number of nitrogens with one attached hydrogen (secondary N) is 3. The van der Waals surface area contributed by atoms with Gasteiger partial charge >= 0.3 is 12.1 Å². The van der Waals surface area contributed by atoms with E-state index in [4.69, 9.17) is 15.2 Å². The van der Waals surface area contributed by atoms with Gasteiger partial charge in [-0.1, -0.05) is 87.0 Å². The van der Waals surface area contributed by atoms with Crippen molar-refractivity contribution in [1.82, 2.24) is 25.8 Å². The van der Waals surface area contributed by atoms with Crippen molar-refractivity contribution in [1.29, 1.82) is 0 Å². The average molecular weight is 841 g/mol. The maximum Gasteiger partial charge on any atom is 0.410 e. The SMILES string of the molecule is COC(=O)[C@H](CC(C)C)NC(=O)[C@@H]1CCCN1C(=O)C(C)CP(O)CNC(=O)[C@H](CCCCN)NC(=O)[C@@H]1CCCN1C(=O)OCc1ccccc1.Cc1ccccc1. The number of carbonyl (C=O) groups excluding carboxylic acids is 6. The zero-order valence-corrected chi connectivity index (χ0v) is 36.2. The second kappa shape index (κ2) is 25.8. The van der Waals surface area contributed by atoms with Gasteiger partial charge < -0.3 is 41.0 Å². The summed E-state index contributed by atoms with van der Waals surface area (Å²) in [6.45, 7) is 8.85. The van der Waals surface area contributed by atoms with Crippen LogP contribution in [0.15, 0.2) is 60.7 Å². The Kier molecular flexibility index (Phi) is 21.3. The highest BCUT2D eigenvalue weighted by Gasteiger charge is 2.39. The highest BCUT2D eigenvalue weighted by atomic mass is 31.1. The number of nitrogens with two attached hydrogens (primary N) is 1. The van der Waals surface area contributed by atoms with Crippen LogP contribution in [0.25, 0.3) is 0 Å². The standard InChI is InChI=1S/C36H57N6O9P.C7H8/c1-24(2)20-28(35(47)50-4)40-32(44)29-15-10-18-41(29)34(46)25(3)22-52(49)23-38-31(43)27(14-8-9-17-37)39-33(45)30-16-11-19-42(30)36(48)51-21-26-12-6-5-7-13-26;1-7-5-3-2-4-6-7/h5-7,12-13,24-25,27-30,49H,8-11,14-23,37H2,1-4H3,(H,38,43)(H,39,45)(H,40,44);2-6H,1H3/t25?,27-,28-,29-,30-,52?;/m0./s1. The first-order chi connectivity index (χ1) is 28.2. The third-order valence-electron chi connectivity index (χ3n) is 10.2. The number of hydrogen-bond acceptors (Lipinski definition) is 10. The molecule has 0 spiro atoms. The van der Waals surface area contributed by atoms with Gasteiger partial charge in [-0.05, 0) is 76.3 Å². The van der Waals surface area contributed by atoms with Crippen molar-refractivity contribution in [2.45, 2.75) is 110 Å². The number of aryl methyl sites for hydroxylation is 1. The van der Waals surface area contributed by atoms with Crippen LogP contribution in [0, 0.1) is 18.8 Å². The van der Waals surface area contributed by atoms with Crippen LogP contribution >= 0.6 is 8.15 Å². The first-order valence-electron chi connectivity index (χ1n) is 20.6. The van der Waals surface area contributed by atoms with Gasteiger partial charge in [0.25, 0.3) is 0 Å². The molecule has 6 N–H and O–H groups in total. The zero-order chi connectivity index (χ0) is 43.3. The van der Waals surface area contributed by atoms with Crippen LogP contribution in [0.3, 0.4) is 0 Å². The lowest BCUT2D eigenvalue weighted by molar-refractivity contribution is -0.147. The summed E-state index contributed by atoms with van der Waals surface area (Å²) < 4.78 is 10.3. The van der Waals surface area contributed by atoms with Gasteiger partial charge in [-0.3, -0.25) is 24.1 Å². The van der Waals surface area contributed by atoms with Gasteiger partial charge in [0.05, 0.1) is 13.4 Å². The molecular formula is C43H65N6O9P. The van der Waals surface area contributed by atoms with E-state index in [1.807, 2.05) is 62.4 Å².